The Labute approximate surface area is 175 Å². The van der Waals surface area contributed by atoms with Gasteiger partial charge in [-0.2, -0.15) is 4.98 Å². The number of ether oxygens (including phenoxy) is 2. The number of esters is 2. The number of methoxy groups -OCH3 is 2. The van der Waals surface area contributed by atoms with Crippen LogP contribution in [0.15, 0.2) is 17.1 Å². The zero-order valence-electron chi connectivity index (χ0n) is 16.3. The van der Waals surface area contributed by atoms with Crippen molar-refractivity contribution < 1.29 is 37.8 Å². The number of nitrogens with two attached hydrogens (primary N) is 1. The van der Waals surface area contributed by atoms with Crippen molar-refractivity contribution in [3.05, 3.63) is 22.7 Å². The summed E-state index contributed by atoms with van der Waals surface area (Å²) in [5.74, 6) is -1.45. The van der Waals surface area contributed by atoms with E-state index in [9.17, 15) is 24.1 Å². The van der Waals surface area contributed by atoms with E-state index in [1.165, 1.54) is 28.6 Å². The van der Waals surface area contributed by atoms with Crippen molar-refractivity contribution in [1.82, 2.24) is 14.6 Å². The van der Waals surface area contributed by atoms with Crippen LogP contribution < -0.4 is 16.5 Å². The highest BCUT2D eigenvalue weighted by Gasteiger charge is 2.38. The van der Waals surface area contributed by atoms with Crippen LogP contribution in [0.4, 0.5) is 5.82 Å². The molecule has 1 aliphatic rings. The van der Waals surface area contributed by atoms with Crippen molar-refractivity contribution in [2.75, 3.05) is 39.7 Å². The highest BCUT2D eigenvalue weighted by molar-refractivity contribution is 8.00. The molecular weight excluding hydrogens is 443 g/mol. The van der Waals surface area contributed by atoms with Gasteiger partial charge in [0.15, 0.2) is 6.61 Å². The molecule has 0 radical (unpaired) electrons. The van der Waals surface area contributed by atoms with Gasteiger partial charge in [0, 0.05) is 11.4 Å². The highest BCUT2D eigenvalue weighted by Crippen LogP contribution is 2.47. The largest absolute Gasteiger partial charge is 0.468 e. The van der Waals surface area contributed by atoms with Gasteiger partial charge < -0.3 is 20.3 Å². The number of aliphatic hydroxyl groups excluding tert-OH is 1. The lowest BCUT2D eigenvalue weighted by molar-refractivity contribution is -0.143. The maximum atomic E-state index is 12.8. The Morgan fingerprint density at radius 3 is 2.70 bits per heavy atom. The van der Waals surface area contributed by atoms with Gasteiger partial charge in [-0.25, -0.2) is 19.2 Å². The first-order valence-corrected chi connectivity index (χ1v) is 11.1. The molecule has 15 heteroatoms. The van der Waals surface area contributed by atoms with Crippen LogP contribution in [0.1, 0.15) is 11.8 Å². The molecule has 2 heterocycles. The first-order valence-electron chi connectivity index (χ1n) is 8.63. The topological polar surface area (TPSA) is 181 Å². The van der Waals surface area contributed by atoms with Crippen molar-refractivity contribution in [1.29, 1.82) is 0 Å². The second-order valence-corrected chi connectivity index (χ2v) is 9.30. The first-order chi connectivity index (χ1) is 14.2. The zero-order valence-corrected chi connectivity index (χ0v) is 18.0. The van der Waals surface area contributed by atoms with Gasteiger partial charge in [0.05, 0.1) is 26.9 Å². The molecule has 168 valence electrons. The smallest absolute Gasteiger partial charge is 0.406 e. The molecule has 0 saturated carbocycles. The molecule has 1 aliphatic heterocycles. The Balaban J connectivity index is 2.01. The van der Waals surface area contributed by atoms with E-state index in [0.717, 1.165) is 14.2 Å². The fraction of sp³-hybridized carbons (Fsp3) is 0.600. The Morgan fingerprint density at radius 1 is 1.37 bits per heavy atom. The summed E-state index contributed by atoms with van der Waals surface area (Å²) in [7, 11) is -1.80. The van der Waals surface area contributed by atoms with E-state index in [1.54, 1.807) is 0 Å². The summed E-state index contributed by atoms with van der Waals surface area (Å²) in [4.78, 5) is 38.2. The summed E-state index contributed by atoms with van der Waals surface area (Å²) in [6.07, 6.45) is 0.752. The molecule has 13 nitrogen and oxygen atoms in total. The Hall–Kier alpha value is -1.96. The maximum absolute atomic E-state index is 12.8. The summed E-state index contributed by atoms with van der Waals surface area (Å²) in [5.41, 5.74) is 4.86. The van der Waals surface area contributed by atoms with E-state index >= 15 is 0 Å². The minimum absolute atomic E-state index is 0.0639. The van der Waals surface area contributed by atoms with Crippen LogP contribution in [0.5, 0.6) is 0 Å². The van der Waals surface area contributed by atoms with E-state index < -0.39 is 50.0 Å². The van der Waals surface area contributed by atoms with E-state index in [0.29, 0.717) is 0 Å². The third-order valence-electron chi connectivity index (χ3n) is 3.95. The number of nitrogens with one attached hydrogen (secondary N) is 1. The molecule has 2 rings (SSSR count). The van der Waals surface area contributed by atoms with Gasteiger partial charge in [0.2, 0.25) is 0 Å². The number of carbonyl (C=O) groups is 2. The van der Waals surface area contributed by atoms with Crippen LogP contribution in [0.3, 0.4) is 0 Å². The molecule has 0 aliphatic carbocycles. The fourth-order valence-corrected chi connectivity index (χ4v) is 5.21. The summed E-state index contributed by atoms with van der Waals surface area (Å²) >= 11 is 1.21. The van der Waals surface area contributed by atoms with Crippen molar-refractivity contribution in [2.24, 2.45) is 0 Å². The monoisotopic (exact) mass is 466 g/mol. The van der Waals surface area contributed by atoms with Crippen LogP contribution in [0.2, 0.25) is 0 Å². The molecule has 0 amide bonds. The van der Waals surface area contributed by atoms with Crippen LogP contribution in [-0.4, -0.2) is 71.9 Å². The second-order valence-electron chi connectivity index (χ2n) is 6.05. The number of nitrogen functional groups attached to an aromatic ring is 1. The molecule has 0 aromatic carbocycles. The van der Waals surface area contributed by atoms with Crippen LogP contribution >= 0.6 is 19.5 Å². The number of nitrogens with zero attached hydrogens (tertiary/aromatic N) is 2. The number of thioether (sulfide) groups is 1. The van der Waals surface area contributed by atoms with Gasteiger partial charge in [-0.1, -0.05) is 0 Å². The summed E-state index contributed by atoms with van der Waals surface area (Å²) in [6.45, 7) is -1.32. The number of aliphatic hydroxyl groups is 1. The SMILES string of the molecule is COC(=O)CNP(=O)(OCC(=O)OC)OCC1CC(O)C(n2ccc(N)nc2=O)S1. The average molecular weight is 466 g/mol. The number of hydrogen-bond acceptors (Lipinski definition) is 12. The van der Waals surface area contributed by atoms with Crippen LogP contribution in [-0.2, 0) is 32.7 Å². The zero-order chi connectivity index (χ0) is 22.3. The molecule has 4 unspecified atom stereocenters. The van der Waals surface area contributed by atoms with Gasteiger partial charge >= 0.3 is 25.4 Å². The third kappa shape index (κ3) is 6.79. The number of rotatable bonds is 10. The molecular formula is C15H23N4O9PS. The molecule has 4 N–H and O–H groups in total. The van der Waals surface area contributed by atoms with Gasteiger partial charge in [0.1, 0.15) is 17.7 Å². The fourth-order valence-electron chi connectivity index (χ4n) is 2.45. The Kier molecular flexibility index (Phi) is 8.82. The number of carbonyl (C=O) groups excluding carboxylic acids is 2. The molecule has 30 heavy (non-hydrogen) atoms. The van der Waals surface area contributed by atoms with E-state index in [2.05, 4.69) is 19.5 Å². The summed E-state index contributed by atoms with van der Waals surface area (Å²) < 4.78 is 33.3. The first kappa shape index (κ1) is 24.3. The van der Waals surface area contributed by atoms with E-state index in [4.69, 9.17) is 14.8 Å². The van der Waals surface area contributed by atoms with Crippen LogP contribution in [0.25, 0.3) is 0 Å². The molecule has 4 atom stereocenters. The average Bonchev–Trinajstić information content (AvgIpc) is 3.09. The minimum atomic E-state index is -4.08. The predicted octanol–water partition coefficient (Wildman–Crippen LogP) is -0.733. The van der Waals surface area contributed by atoms with Gasteiger partial charge in [-0.3, -0.25) is 18.4 Å². The van der Waals surface area contributed by atoms with Gasteiger partial charge in [0.25, 0.3) is 0 Å². The number of aromatic nitrogens is 2. The predicted molar refractivity (Wildman–Crippen MR) is 105 cm³/mol. The van der Waals surface area contributed by atoms with E-state index in [1.807, 2.05) is 0 Å². The Morgan fingerprint density at radius 2 is 2.07 bits per heavy atom. The maximum Gasteiger partial charge on any atom is 0.406 e. The molecule has 0 spiro atoms. The summed E-state index contributed by atoms with van der Waals surface area (Å²) in [6, 6.07) is 1.43. The molecule has 1 aromatic rings. The third-order valence-corrected chi connectivity index (χ3v) is 6.98. The highest BCUT2D eigenvalue weighted by atomic mass is 32.2. The van der Waals surface area contributed by atoms with E-state index in [-0.39, 0.29) is 24.1 Å². The van der Waals surface area contributed by atoms with Gasteiger partial charge in [-0.05, 0) is 12.5 Å². The van der Waals surface area contributed by atoms with Crippen molar-refractivity contribution >= 4 is 37.3 Å². The normalized spacial score (nSPS) is 23.0. The minimum Gasteiger partial charge on any atom is -0.468 e. The number of anilines is 1. The lowest BCUT2D eigenvalue weighted by atomic mass is 10.2. The standard InChI is InChI=1S/C15H23N4O9PS/c1-25-12(21)6-17-29(24,28-8-13(22)26-2)27-7-9-5-10(20)14(30-9)19-4-3-11(16)18-15(19)23/h3-4,9-10,14,20H,5-8H2,1-2H3,(H,17,24)(H2,16,18,23). The lowest BCUT2D eigenvalue weighted by Crippen LogP contribution is -2.29. The van der Waals surface area contributed by atoms with Gasteiger partial charge in [-0.15, -0.1) is 11.8 Å². The molecule has 1 aromatic heterocycles. The van der Waals surface area contributed by atoms with Crippen molar-refractivity contribution in [3.8, 4) is 0 Å². The molecule has 0 bridgehead atoms. The van der Waals surface area contributed by atoms with Crippen molar-refractivity contribution in [3.63, 3.8) is 0 Å². The molecule has 1 fully saturated rings. The van der Waals surface area contributed by atoms with Crippen LogP contribution in [0, 0.1) is 0 Å². The molecule has 1 saturated heterocycles. The second kappa shape index (κ2) is 10.9. The Bertz CT molecular complexity index is 843. The van der Waals surface area contributed by atoms with Crippen molar-refractivity contribution in [2.45, 2.75) is 23.1 Å². The quantitative estimate of drug-likeness (QED) is 0.290. The lowest BCUT2D eigenvalue weighted by Gasteiger charge is -2.20. The summed E-state index contributed by atoms with van der Waals surface area (Å²) in [5, 5.41) is 11.6. The number of hydrogen-bond donors (Lipinski definition) is 3.